The molecule has 1 aromatic carbocycles. The van der Waals surface area contributed by atoms with Crippen molar-refractivity contribution in [2.24, 2.45) is 5.84 Å². The van der Waals surface area contributed by atoms with Crippen molar-refractivity contribution < 1.29 is 0 Å². The summed E-state index contributed by atoms with van der Waals surface area (Å²) < 4.78 is 0. The first kappa shape index (κ1) is 13.6. The van der Waals surface area contributed by atoms with E-state index in [1.165, 1.54) is 5.56 Å². The monoisotopic (exact) mass is 256 g/mol. The number of hydrazine groups is 1. The van der Waals surface area contributed by atoms with E-state index in [9.17, 15) is 0 Å². The predicted octanol–water partition coefficient (Wildman–Crippen LogP) is 2.31. The summed E-state index contributed by atoms with van der Waals surface area (Å²) in [7, 11) is 0. The topological polar surface area (TPSA) is 63.8 Å². The second-order valence-corrected chi connectivity index (χ2v) is 4.68. The largest absolute Gasteiger partial charge is 0.271 e. The average molecular weight is 256 g/mol. The summed E-state index contributed by atoms with van der Waals surface area (Å²) in [6, 6.07) is 10.5. The summed E-state index contributed by atoms with van der Waals surface area (Å²) in [5.74, 6) is 5.60. The van der Waals surface area contributed by atoms with Crippen molar-refractivity contribution in [1.29, 1.82) is 0 Å². The molecule has 3 N–H and O–H groups in total. The third kappa shape index (κ3) is 4.12. The number of nitrogens with one attached hydrogen (secondary N) is 1. The van der Waals surface area contributed by atoms with Gasteiger partial charge in [-0.05, 0) is 31.7 Å². The van der Waals surface area contributed by atoms with Crippen LogP contribution in [0.5, 0.6) is 0 Å². The van der Waals surface area contributed by atoms with Crippen LogP contribution in [0.2, 0.25) is 0 Å². The maximum atomic E-state index is 5.60. The van der Waals surface area contributed by atoms with Gasteiger partial charge in [-0.3, -0.25) is 21.2 Å². The van der Waals surface area contributed by atoms with Crippen molar-refractivity contribution >= 4 is 0 Å². The van der Waals surface area contributed by atoms with Crippen molar-refractivity contribution in [3.8, 4) is 0 Å². The zero-order valence-corrected chi connectivity index (χ0v) is 11.2. The van der Waals surface area contributed by atoms with Gasteiger partial charge in [-0.1, -0.05) is 30.3 Å². The van der Waals surface area contributed by atoms with E-state index < -0.39 is 0 Å². The Kier molecular flexibility index (Phi) is 5.01. The SMILES string of the molecule is Cc1cnc(C(CCCc2ccccc2)NN)cn1. The highest BCUT2D eigenvalue weighted by atomic mass is 15.2. The van der Waals surface area contributed by atoms with Crippen molar-refractivity contribution in [3.63, 3.8) is 0 Å². The molecule has 0 radical (unpaired) electrons. The van der Waals surface area contributed by atoms with Crippen LogP contribution in [0.3, 0.4) is 0 Å². The maximum absolute atomic E-state index is 5.60. The number of hydrogen-bond donors (Lipinski definition) is 2. The number of aryl methyl sites for hydroxylation is 2. The van der Waals surface area contributed by atoms with Crippen LogP contribution in [0, 0.1) is 6.92 Å². The Bertz CT molecular complexity index is 481. The van der Waals surface area contributed by atoms with Crippen LogP contribution in [0.1, 0.15) is 35.8 Å². The van der Waals surface area contributed by atoms with Crippen LogP contribution in [-0.2, 0) is 6.42 Å². The number of aromatic nitrogens is 2. The summed E-state index contributed by atoms with van der Waals surface area (Å²) in [6.45, 7) is 1.93. The zero-order valence-electron chi connectivity index (χ0n) is 11.2. The summed E-state index contributed by atoms with van der Waals surface area (Å²) in [6.07, 6.45) is 6.63. The van der Waals surface area contributed by atoms with Gasteiger partial charge in [0, 0.05) is 6.20 Å². The standard InChI is InChI=1S/C15H20N4/c1-12-10-18-15(11-17-12)14(19-16)9-5-8-13-6-3-2-4-7-13/h2-4,6-7,10-11,14,19H,5,8-9,16H2,1H3. The molecule has 0 spiro atoms. The van der Waals surface area contributed by atoms with Gasteiger partial charge < -0.3 is 0 Å². The molecule has 0 fully saturated rings. The van der Waals surface area contributed by atoms with E-state index in [-0.39, 0.29) is 6.04 Å². The molecular formula is C15H20N4. The zero-order chi connectivity index (χ0) is 13.5. The van der Waals surface area contributed by atoms with Gasteiger partial charge in [-0.15, -0.1) is 0 Å². The summed E-state index contributed by atoms with van der Waals surface area (Å²) >= 11 is 0. The Morgan fingerprint density at radius 3 is 2.58 bits per heavy atom. The molecule has 4 heteroatoms. The highest BCUT2D eigenvalue weighted by Gasteiger charge is 2.11. The Balaban J connectivity index is 1.87. The number of benzene rings is 1. The van der Waals surface area contributed by atoms with Crippen LogP contribution >= 0.6 is 0 Å². The highest BCUT2D eigenvalue weighted by molar-refractivity contribution is 5.14. The molecule has 0 aliphatic heterocycles. The van der Waals surface area contributed by atoms with E-state index in [1.807, 2.05) is 13.0 Å². The molecule has 0 bridgehead atoms. The third-order valence-corrected chi connectivity index (χ3v) is 3.16. The van der Waals surface area contributed by atoms with E-state index in [0.717, 1.165) is 30.7 Å². The molecule has 100 valence electrons. The van der Waals surface area contributed by atoms with E-state index in [0.29, 0.717) is 0 Å². The maximum Gasteiger partial charge on any atom is 0.0769 e. The Labute approximate surface area is 114 Å². The minimum Gasteiger partial charge on any atom is -0.271 e. The van der Waals surface area contributed by atoms with Crippen LogP contribution in [0.4, 0.5) is 0 Å². The normalized spacial score (nSPS) is 12.3. The van der Waals surface area contributed by atoms with Gasteiger partial charge in [0.05, 0.1) is 23.6 Å². The second kappa shape index (κ2) is 6.97. The fraction of sp³-hybridized carbons (Fsp3) is 0.333. The number of rotatable bonds is 6. The minimum absolute atomic E-state index is 0.0665. The van der Waals surface area contributed by atoms with Gasteiger partial charge in [0.25, 0.3) is 0 Å². The summed E-state index contributed by atoms with van der Waals surface area (Å²) in [4.78, 5) is 8.63. The first-order valence-electron chi connectivity index (χ1n) is 6.58. The minimum atomic E-state index is 0.0665. The van der Waals surface area contributed by atoms with Crippen molar-refractivity contribution in [2.75, 3.05) is 0 Å². The summed E-state index contributed by atoms with van der Waals surface area (Å²) in [5.41, 5.74) is 6.00. The Morgan fingerprint density at radius 2 is 1.95 bits per heavy atom. The molecule has 4 nitrogen and oxygen atoms in total. The van der Waals surface area contributed by atoms with Crippen molar-refractivity contribution in [1.82, 2.24) is 15.4 Å². The number of nitrogens with two attached hydrogens (primary N) is 1. The molecule has 1 atom stereocenters. The highest BCUT2D eigenvalue weighted by Crippen LogP contribution is 2.16. The second-order valence-electron chi connectivity index (χ2n) is 4.68. The molecule has 19 heavy (non-hydrogen) atoms. The number of hydrogen-bond acceptors (Lipinski definition) is 4. The third-order valence-electron chi connectivity index (χ3n) is 3.16. The van der Waals surface area contributed by atoms with Crippen LogP contribution < -0.4 is 11.3 Å². The fourth-order valence-corrected chi connectivity index (χ4v) is 2.05. The van der Waals surface area contributed by atoms with Gasteiger partial charge >= 0.3 is 0 Å². The molecular weight excluding hydrogens is 236 g/mol. The smallest absolute Gasteiger partial charge is 0.0769 e. The van der Waals surface area contributed by atoms with E-state index in [1.54, 1.807) is 12.4 Å². The van der Waals surface area contributed by atoms with Gasteiger partial charge in [-0.2, -0.15) is 0 Å². The van der Waals surface area contributed by atoms with Crippen LogP contribution in [0.15, 0.2) is 42.7 Å². The van der Waals surface area contributed by atoms with Gasteiger partial charge in [0.1, 0.15) is 0 Å². The Hall–Kier alpha value is -1.78. The molecule has 1 heterocycles. The predicted molar refractivity (Wildman–Crippen MR) is 76.2 cm³/mol. The molecule has 1 unspecified atom stereocenters. The molecule has 0 aliphatic carbocycles. The quantitative estimate of drug-likeness (QED) is 0.615. The molecule has 2 aromatic rings. The first-order valence-corrected chi connectivity index (χ1v) is 6.58. The van der Waals surface area contributed by atoms with Crippen LogP contribution in [-0.4, -0.2) is 9.97 Å². The lowest BCUT2D eigenvalue weighted by molar-refractivity contribution is 0.486. The fourth-order valence-electron chi connectivity index (χ4n) is 2.05. The average Bonchev–Trinajstić information content (AvgIpc) is 2.46. The molecule has 2 rings (SSSR count). The summed E-state index contributed by atoms with van der Waals surface area (Å²) in [5, 5.41) is 0. The molecule has 0 aliphatic rings. The lowest BCUT2D eigenvalue weighted by Gasteiger charge is -2.14. The van der Waals surface area contributed by atoms with E-state index in [2.05, 4.69) is 39.7 Å². The van der Waals surface area contributed by atoms with Crippen molar-refractivity contribution in [2.45, 2.75) is 32.2 Å². The lowest BCUT2D eigenvalue weighted by Crippen LogP contribution is -2.28. The first-order chi connectivity index (χ1) is 9.29. The van der Waals surface area contributed by atoms with Gasteiger partial charge in [0.2, 0.25) is 0 Å². The van der Waals surface area contributed by atoms with Gasteiger partial charge in [-0.25, -0.2) is 0 Å². The molecule has 0 amide bonds. The van der Waals surface area contributed by atoms with E-state index in [4.69, 9.17) is 5.84 Å². The van der Waals surface area contributed by atoms with Crippen molar-refractivity contribution in [3.05, 3.63) is 59.7 Å². The lowest BCUT2D eigenvalue weighted by atomic mass is 10.0. The molecule has 0 saturated carbocycles. The van der Waals surface area contributed by atoms with Crippen LogP contribution in [0.25, 0.3) is 0 Å². The van der Waals surface area contributed by atoms with E-state index >= 15 is 0 Å². The van der Waals surface area contributed by atoms with Gasteiger partial charge in [0.15, 0.2) is 0 Å². The molecule has 0 saturated heterocycles. The number of nitrogens with zero attached hydrogens (tertiary/aromatic N) is 2. The Morgan fingerprint density at radius 1 is 1.16 bits per heavy atom. The molecule has 1 aromatic heterocycles.